The molecule has 3 unspecified atom stereocenters. The lowest BCUT2D eigenvalue weighted by Crippen LogP contribution is -2.33. The van der Waals surface area contributed by atoms with Gasteiger partial charge in [0.25, 0.3) is 0 Å². The highest BCUT2D eigenvalue weighted by atomic mass is 32.2. The summed E-state index contributed by atoms with van der Waals surface area (Å²) in [4.78, 5) is 0.852. The summed E-state index contributed by atoms with van der Waals surface area (Å²) in [5.74, 6) is 0.715. The molecule has 0 heterocycles. The molecule has 4 nitrogen and oxygen atoms in total. The second-order valence-corrected chi connectivity index (χ2v) is 8.32. The summed E-state index contributed by atoms with van der Waals surface area (Å²) in [6.45, 7) is 4.09. The summed E-state index contributed by atoms with van der Waals surface area (Å²) < 4.78 is 34.8. The van der Waals surface area contributed by atoms with Gasteiger partial charge in [-0.3, -0.25) is 4.21 Å². The van der Waals surface area contributed by atoms with Gasteiger partial charge in [0.05, 0.1) is 15.7 Å². The standard InChI is InChI=1S/C13H21NO3S2/c1-4-10(2)13(14)9-18(15)11-5-7-12(8-6-11)19(3,16)17/h5-8,10,13H,4,9,14H2,1-3H3. The Balaban J connectivity index is 2.79. The third kappa shape index (κ3) is 4.71. The topological polar surface area (TPSA) is 77.2 Å². The molecular weight excluding hydrogens is 282 g/mol. The molecule has 1 aromatic carbocycles. The van der Waals surface area contributed by atoms with Crippen molar-refractivity contribution in [2.24, 2.45) is 11.7 Å². The van der Waals surface area contributed by atoms with Crippen LogP contribution in [0.15, 0.2) is 34.1 Å². The molecule has 1 rings (SSSR count). The molecule has 108 valence electrons. The van der Waals surface area contributed by atoms with Gasteiger partial charge in [-0.25, -0.2) is 8.42 Å². The first-order valence-electron chi connectivity index (χ1n) is 6.19. The first kappa shape index (κ1) is 16.3. The van der Waals surface area contributed by atoms with Crippen molar-refractivity contribution in [3.8, 4) is 0 Å². The van der Waals surface area contributed by atoms with Gasteiger partial charge in [0.1, 0.15) is 0 Å². The maximum absolute atomic E-state index is 12.1. The minimum absolute atomic E-state index is 0.111. The van der Waals surface area contributed by atoms with E-state index >= 15 is 0 Å². The number of nitrogens with two attached hydrogens (primary N) is 1. The van der Waals surface area contributed by atoms with Crippen molar-refractivity contribution in [3.05, 3.63) is 24.3 Å². The van der Waals surface area contributed by atoms with Crippen LogP contribution in [0.25, 0.3) is 0 Å². The summed E-state index contributed by atoms with van der Waals surface area (Å²) in [5.41, 5.74) is 5.98. The van der Waals surface area contributed by atoms with Crippen LogP contribution in [-0.4, -0.2) is 30.7 Å². The molecule has 0 aliphatic heterocycles. The average Bonchev–Trinajstić information content (AvgIpc) is 2.36. The van der Waals surface area contributed by atoms with E-state index in [1.54, 1.807) is 12.1 Å². The lowest BCUT2D eigenvalue weighted by atomic mass is 10.0. The molecule has 0 saturated heterocycles. The number of hydrogen-bond donors (Lipinski definition) is 1. The third-order valence-corrected chi connectivity index (χ3v) is 5.85. The number of sulfone groups is 1. The first-order valence-corrected chi connectivity index (χ1v) is 9.40. The number of hydrogen-bond acceptors (Lipinski definition) is 4. The zero-order chi connectivity index (χ0) is 14.6. The van der Waals surface area contributed by atoms with Crippen molar-refractivity contribution < 1.29 is 12.6 Å². The molecule has 0 bridgehead atoms. The minimum Gasteiger partial charge on any atom is -0.327 e. The lowest BCUT2D eigenvalue weighted by Gasteiger charge is -2.17. The Kier molecular flexibility index (Phi) is 5.70. The van der Waals surface area contributed by atoms with E-state index in [-0.39, 0.29) is 10.9 Å². The summed E-state index contributed by atoms with van der Waals surface area (Å²) in [6, 6.07) is 6.04. The summed E-state index contributed by atoms with van der Waals surface area (Å²) in [6.07, 6.45) is 2.10. The second-order valence-electron chi connectivity index (χ2n) is 4.81. The van der Waals surface area contributed by atoms with Gasteiger partial charge in [-0.05, 0) is 30.2 Å². The predicted molar refractivity (Wildman–Crippen MR) is 78.3 cm³/mol. The van der Waals surface area contributed by atoms with Crippen LogP contribution >= 0.6 is 0 Å². The highest BCUT2D eigenvalue weighted by molar-refractivity contribution is 7.90. The Hall–Kier alpha value is -0.720. The minimum atomic E-state index is -3.21. The van der Waals surface area contributed by atoms with Crippen LogP contribution < -0.4 is 5.73 Å². The normalized spacial score (nSPS) is 16.8. The van der Waals surface area contributed by atoms with Crippen LogP contribution in [0.2, 0.25) is 0 Å². The van der Waals surface area contributed by atoms with E-state index in [0.717, 1.165) is 12.7 Å². The van der Waals surface area contributed by atoms with Gasteiger partial charge in [-0.2, -0.15) is 0 Å². The average molecular weight is 303 g/mol. The fourth-order valence-corrected chi connectivity index (χ4v) is 3.52. The van der Waals surface area contributed by atoms with Crippen LogP contribution in [-0.2, 0) is 20.6 Å². The highest BCUT2D eigenvalue weighted by Crippen LogP contribution is 2.15. The van der Waals surface area contributed by atoms with Crippen molar-refractivity contribution in [3.63, 3.8) is 0 Å². The van der Waals surface area contributed by atoms with Gasteiger partial charge >= 0.3 is 0 Å². The summed E-state index contributed by atoms with van der Waals surface area (Å²) in [7, 11) is -4.40. The molecule has 0 aliphatic carbocycles. The molecule has 0 saturated carbocycles. The molecule has 0 fully saturated rings. The molecule has 0 aromatic heterocycles. The largest absolute Gasteiger partial charge is 0.327 e. The maximum Gasteiger partial charge on any atom is 0.175 e. The van der Waals surface area contributed by atoms with Crippen molar-refractivity contribution in [2.45, 2.75) is 36.1 Å². The van der Waals surface area contributed by atoms with E-state index in [0.29, 0.717) is 16.6 Å². The molecule has 0 spiro atoms. The second kappa shape index (κ2) is 6.63. The van der Waals surface area contributed by atoms with E-state index in [1.165, 1.54) is 12.1 Å². The highest BCUT2D eigenvalue weighted by Gasteiger charge is 2.16. The Morgan fingerprint density at radius 1 is 1.26 bits per heavy atom. The summed E-state index contributed by atoms with van der Waals surface area (Å²) in [5, 5.41) is 0. The Morgan fingerprint density at radius 2 is 1.79 bits per heavy atom. The van der Waals surface area contributed by atoms with Crippen molar-refractivity contribution in [2.75, 3.05) is 12.0 Å². The molecule has 0 radical (unpaired) electrons. The zero-order valence-electron chi connectivity index (χ0n) is 11.5. The predicted octanol–water partition coefficient (Wildman–Crippen LogP) is 1.57. The van der Waals surface area contributed by atoms with Crippen molar-refractivity contribution in [1.29, 1.82) is 0 Å². The van der Waals surface area contributed by atoms with E-state index in [9.17, 15) is 12.6 Å². The van der Waals surface area contributed by atoms with E-state index in [2.05, 4.69) is 0 Å². The van der Waals surface area contributed by atoms with Gasteiger partial charge in [0.2, 0.25) is 0 Å². The van der Waals surface area contributed by atoms with Crippen LogP contribution in [0.5, 0.6) is 0 Å². The Morgan fingerprint density at radius 3 is 2.21 bits per heavy atom. The fourth-order valence-electron chi connectivity index (χ4n) is 1.58. The van der Waals surface area contributed by atoms with Gasteiger partial charge in [-0.15, -0.1) is 0 Å². The van der Waals surface area contributed by atoms with E-state index in [1.807, 2.05) is 13.8 Å². The first-order chi connectivity index (χ1) is 8.75. The molecule has 2 N–H and O–H groups in total. The number of benzene rings is 1. The molecule has 0 amide bonds. The van der Waals surface area contributed by atoms with Gasteiger partial charge in [0, 0.05) is 22.9 Å². The molecule has 1 aromatic rings. The Bertz CT molecular complexity index is 538. The zero-order valence-corrected chi connectivity index (χ0v) is 13.1. The Labute approximate surface area is 117 Å². The van der Waals surface area contributed by atoms with Gasteiger partial charge in [-0.1, -0.05) is 20.3 Å². The fraction of sp³-hybridized carbons (Fsp3) is 0.538. The third-order valence-electron chi connectivity index (χ3n) is 3.23. The molecule has 6 heteroatoms. The monoisotopic (exact) mass is 303 g/mol. The number of rotatable bonds is 6. The van der Waals surface area contributed by atoms with Crippen LogP contribution in [0.4, 0.5) is 0 Å². The molecule has 3 atom stereocenters. The smallest absolute Gasteiger partial charge is 0.175 e. The summed E-state index contributed by atoms with van der Waals surface area (Å²) >= 11 is 0. The molecular formula is C13H21NO3S2. The SMILES string of the molecule is CCC(C)C(N)CS(=O)c1ccc(S(C)(=O)=O)cc1. The van der Waals surface area contributed by atoms with Crippen molar-refractivity contribution >= 4 is 20.6 Å². The van der Waals surface area contributed by atoms with Crippen LogP contribution in [0.1, 0.15) is 20.3 Å². The van der Waals surface area contributed by atoms with Gasteiger partial charge in [0.15, 0.2) is 9.84 Å². The molecule has 0 aliphatic rings. The quantitative estimate of drug-likeness (QED) is 0.865. The maximum atomic E-state index is 12.1. The lowest BCUT2D eigenvalue weighted by molar-refractivity contribution is 0.472. The van der Waals surface area contributed by atoms with E-state index < -0.39 is 20.6 Å². The van der Waals surface area contributed by atoms with E-state index in [4.69, 9.17) is 5.73 Å². The van der Waals surface area contributed by atoms with Crippen molar-refractivity contribution in [1.82, 2.24) is 0 Å². The molecule has 19 heavy (non-hydrogen) atoms. The van der Waals surface area contributed by atoms with Crippen LogP contribution in [0.3, 0.4) is 0 Å². The van der Waals surface area contributed by atoms with Gasteiger partial charge < -0.3 is 5.73 Å². The van der Waals surface area contributed by atoms with Crippen LogP contribution in [0, 0.1) is 5.92 Å².